The van der Waals surface area contributed by atoms with Crippen LogP contribution in [-0.4, -0.2) is 30.3 Å². The summed E-state index contributed by atoms with van der Waals surface area (Å²) in [5.74, 6) is 0.472. The van der Waals surface area contributed by atoms with Crippen LogP contribution in [0.4, 0.5) is 5.69 Å². The first-order valence-electron chi connectivity index (χ1n) is 8.57. The highest BCUT2D eigenvalue weighted by Crippen LogP contribution is 2.43. The van der Waals surface area contributed by atoms with Crippen LogP contribution in [0, 0.1) is 11.3 Å². The van der Waals surface area contributed by atoms with E-state index in [2.05, 4.69) is 22.0 Å². The van der Waals surface area contributed by atoms with Gasteiger partial charge in [-0.15, -0.1) is 0 Å². The molecule has 3 heterocycles. The van der Waals surface area contributed by atoms with Crippen LogP contribution in [0.2, 0.25) is 0 Å². The summed E-state index contributed by atoms with van der Waals surface area (Å²) >= 11 is 0. The fourth-order valence-electron chi connectivity index (χ4n) is 3.94. The monoisotopic (exact) mass is 319 g/mol. The molecule has 24 heavy (non-hydrogen) atoms. The van der Waals surface area contributed by atoms with Gasteiger partial charge in [-0.05, 0) is 55.2 Å². The summed E-state index contributed by atoms with van der Waals surface area (Å²) in [6.45, 7) is 2.82. The van der Waals surface area contributed by atoms with E-state index in [9.17, 15) is 0 Å². The van der Waals surface area contributed by atoms with Crippen LogP contribution in [0.1, 0.15) is 36.3 Å². The predicted molar refractivity (Wildman–Crippen MR) is 92.9 cm³/mol. The first-order valence-corrected chi connectivity index (χ1v) is 8.57. The van der Waals surface area contributed by atoms with Crippen molar-refractivity contribution in [2.45, 2.75) is 30.8 Å². The number of benzene rings is 1. The van der Waals surface area contributed by atoms with Gasteiger partial charge < -0.3 is 9.64 Å². The van der Waals surface area contributed by atoms with Gasteiger partial charge in [-0.2, -0.15) is 5.26 Å². The van der Waals surface area contributed by atoms with Gasteiger partial charge in [0.1, 0.15) is 0 Å². The number of pyridine rings is 1. The molecule has 1 spiro atoms. The SMILES string of the molecule is N#Cc1ccc(N2CCC3(CC2)CC(c2cccnc2)CO3)cc1. The minimum atomic E-state index is 0.0314. The summed E-state index contributed by atoms with van der Waals surface area (Å²) in [7, 11) is 0. The van der Waals surface area contributed by atoms with E-state index in [0.29, 0.717) is 11.5 Å². The van der Waals surface area contributed by atoms with E-state index in [4.69, 9.17) is 10.00 Å². The number of ether oxygens (including phenoxy) is 1. The van der Waals surface area contributed by atoms with Crippen molar-refractivity contribution in [1.29, 1.82) is 5.26 Å². The molecule has 2 aliphatic rings. The summed E-state index contributed by atoms with van der Waals surface area (Å²) in [6.07, 6.45) is 7.01. The van der Waals surface area contributed by atoms with E-state index in [1.165, 1.54) is 11.3 Å². The third kappa shape index (κ3) is 2.88. The lowest BCUT2D eigenvalue weighted by Crippen LogP contribution is -2.44. The molecule has 2 saturated heterocycles. The van der Waals surface area contributed by atoms with Gasteiger partial charge in [0.15, 0.2) is 0 Å². The third-order valence-corrected chi connectivity index (χ3v) is 5.40. The van der Waals surface area contributed by atoms with Gasteiger partial charge in [0.25, 0.3) is 0 Å². The Hall–Kier alpha value is -2.38. The molecule has 1 unspecified atom stereocenters. The normalized spacial score (nSPS) is 22.5. The van der Waals surface area contributed by atoms with Gasteiger partial charge in [0, 0.05) is 37.1 Å². The molecule has 1 aromatic heterocycles. The first-order chi connectivity index (χ1) is 11.8. The summed E-state index contributed by atoms with van der Waals surface area (Å²) in [5, 5.41) is 8.91. The highest BCUT2D eigenvalue weighted by Gasteiger charge is 2.43. The minimum Gasteiger partial charge on any atom is -0.374 e. The average molecular weight is 319 g/mol. The molecule has 0 N–H and O–H groups in total. The maximum atomic E-state index is 8.91. The number of piperidine rings is 1. The van der Waals surface area contributed by atoms with Crippen LogP contribution >= 0.6 is 0 Å². The zero-order valence-electron chi connectivity index (χ0n) is 13.7. The smallest absolute Gasteiger partial charge is 0.0991 e. The maximum Gasteiger partial charge on any atom is 0.0991 e. The van der Waals surface area contributed by atoms with Crippen molar-refractivity contribution >= 4 is 5.69 Å². The molecule has 2 aliphatic heterocycles. The third-order valence-electron chi connectivity index (χ3n) is 5.40. The highest BCUT2D eigenvalue weighted by atomic mass is 16.5. The Balaban J connectivity index is 1.40. The molecule has 4 heteroatoms. The second-order valence-electron chi connectivity index (χ2n) is 6.83. The van der Waals surface area contributed by atoms with Crippen molar-refractivity contribution in [3.63, 3.8) is 0 Å². The fraction of sp³-hybridized carbons (Fsp3) is 0.400. The Morgan fingerprint density at radius 3 is 2.62 bits per heavy atom. The number of nitrogens with zero attached hydrogens (tertiary/aromatic N) is 3. The second kappa shape index (κ2) is 6.26. The van der Waals surface area contributed by atoms with Crippen molar-refractivity contribution in [3.8, 4) is 6.07 Å². The number of hydrogen-bond donors (Lipinski definition) is 0. The average Bonchev–Trinajstić information content (AvgIpc) is 3.07. The molecule has 4 rings (SSSR count). The molecule has 0 aliphatic carbocycles. The summed E-state index contributed by atoms with van der Waals surface area (Å²) in [6, 6.07) is 14.2. The topological polar surface area (TPSA) is 49.2 Å². The van der Waals surface area contributed by atoms with Gasteiger partial charge in [-0.1, -0.05) is 6.07 Å². The van der Waals surface area contributed by atoms with E-state index < -0.39 is 0 Å². The molecule has 0 radical (unpaired) electrons. The highest BCUT2D eigenvalue weighted by molar-refractivity contribution is 5.50. The summed E-state index contributed by atoms with van der Waals surface area (Å²) < 4.78 is 6.27. The molecule has 1 aromatic carbocycles. The summed E-state index contributed by atoms with van der Waals surface area (Å²) in [4.78, 5) is 6.64. The standard InChI is InChI=1S/C20H21N3O/c21-13-16-3-5-19(6-4-16)23-10-7-20(8-11-23)12-18(15-24-20)17-2-1-9-22-14-17/h1-6,9,14,18H,7-8,10-12,15H2. The molecular weight excluding hydrogens is 298 g/mol. The molecule has 2 aromatic rings. The molecule has 0 saturated carbocycles. The lowest BCUT2D eigenvalue weighted by atomic mass is 9.83. The van der Waals surface area contributed by atoms with Gasteiger partial charge in [-0.3, -0.25) is 4.98 Å². The Bertz CT molecular complexity index is 728. The maximum absolute atomic E-state index is 8.91. The molecule has 0 bridgehead atoms. The zero-order chi connectivity index (χ0) is 16.4. The Kier molecular flexibility index (Phi) is 3.95. The minimum absolute atomic E-state index is 0.0314. The number of anilines is 1. The fourth-order valence-corrected chi connectivity index (χ4v) is 3.94. The van der Waals surface area contributed by atoms with Gasteiger partial charge >= 0.3 is 0 Å². The van der Waals surface area contributed by atoms with E-state index in [1.54, 1.807) is 0 Å². The van der Waals surface area contributed by atoms with Crippen LogP contribution < -0.4 is 4.90 Å². The second-order valence-corrected chi connectivity index (χ2v) is 6.83. The predicted octanol–water partition coefficient (Wildman–Crippen LogP) is 3.50. The van der Waals surface area contributed by atoms with Crippen molar-refractivity contribution in [1.82, 2.24) is 4.98 Å². The van der Waals surface area contributed by atoms with Crippen LogP contribution in [-0.2, 0) is 4.74 Å². The van der Waals surface area contributed by atoms with Gasteiger partial charge in [-0.25, -0.2) is 0 Å². The molecular formula is C20H21N3O. The van der Waals surface area contributed by atoms with Gasteiger partial charge in [0.2, 0.25) is 0 Å². The number of rotatable bonds is 2. The molecule has 122 valence electrons. The lowest BCUT2D eigenvalue weighted by Gasteiger charge is -2.39. The quantitative estimate of drug-likeness (QED) is 0.850. The molecule has 0 amide bonds. The van der Waals surface area contributed by atoms with E-state index >= 15 is 0 Å². The van der Waals surface area contributed by atoms with E-state index in [-0.39, 0.29) is 5.60 Å². The first kappa shape index (κ1) is 15.2. The Morgan fingerprint density at radius 1 is 1.17 bits per heavy atom. The largest absolute Gasteiger partial charge is 0.374 e. The van der Waals surface area contributed by atoms with Crippen LogP contribution in [0.3, 0.4) is 0 Å². The number of nitriles is 1. The number of aromatic nitrogens is 1. The Labute approximate surface area is 142 Å². The zero-order valence-corrected chi connectivity index (χ0v) is 13.7. The van der Waals surface area contributed by atoms with E-state index in [1.807, 2.05) is 42.7 Å². The Morgan fingerprint density at radius 2 is 1.96 bits per heavy atom. The molecule has 1 atom stereocenters. The van der Waals surface area contributed by atoms with Crippen molar-refractivity contribution in [2.24, 2.45) is 0 Å². The molecule has 4 nitrogen and oxygen atoms in total. The van der Waals surface area contributed by atoms with E-state index in [0.717, 1.165) is 39.0 Å². The van der Waals surface area contributed by atoms with Crippen molar-refractivity contribution < 1.29 is 4.74 Å². The summed E-state index contributed by atoms with van der Waals surface area (Å²) in [5.41, 5.74) is 3.24. The van der Waals surface area contributed by atoms with Crippen LogP contribution in [0.25, 0.3) is 0 Å². The van der Waals surface area contributed by atoms with Crippen molar-refractivity contribution in [3.05, 3.63) is 59.9 Å². The van der Waals surface area contributed by atoms with Crippen LogP contribution in [0.5, 0.6) is 0 Å². The molecule has 2 fully saturated rings. The van der Waals surface area contributed by atoms with Crippen LogP contribution in [0.15, 0.2) is 48.8 Å². The number of hydrogen-bond acceptors (Lipinski definition) is 4. The van der Waals surface area contributed by atoms with Gasteiger partial charge in [0.05, 0.1) is 23.8 Å². The van der Waals surface area contributed by atoms with Crippen molar-refractivity contribution in [2.75, 3.05) is 24.6 Å². The lowest BCUT2D eigenvalue weighted by molar-refractivity contribution is -0.0148.